The third-order valence-corrected chi connectivity index (χ3v) is 4.62. The normalized spacial score (nSPS) is 10.2. The lowest BCUT2D eigenvalue weighted by Gasteiger charge is -2.11. The zero-order chi connectivity index (χ0) is 15.6. The molecule has 3 nitrogen and oxygen atoms in total. The van der Waals surface area contributed by atoms with Crippen LogP contribution < -0.4 is 11.1 Å². The van der Waals surface area contributed by atoms with Crippen LogP contribution in [0.1, 0.15) is 15.9 Å². The van der Waals surface area contributed by atoms with E-state index < -0.39 is 0 Å². The molecule has 2 rings (SSSR count). The molecule has 0 saturated carbocycles. The van der Waals surface area contributed by atoms with E-state index in [0.717, 1.165) is 8.95 Å². The van der Waals surface area contributed by atoms with Crippen molar-refractivity contribution in [3.05, 3.63) is 61.5 Å². The fourth-order valence-corrected chi connectivity index (χ4v) is 2.62. The monoisotopic (exact) mass is 446 g/mol. The second kappa shape index (κ2) is 6.87. The summed E-state index contributed by atoms with van der Waals surface area (Å²) in [7, 11) is 0. The minimum atomic E-state index is -0.288. The number of halogens is 3. The Hall–Kier alpha value is -0.950. The molecule has 1 amide bonds. The van der Waals surface area contributed by atoms with Crippen molar-refractivity contribution >= 4 is 72.3 Å². The maximum absolute atomic E-state index is 12.3. The first-order chi connectivity index (χ1) is 9.88. The number of hydrogen-bond acceptors (Lipinski definition) is 2. The number of thiocarbonyl (C=S) groups is 1. The summed E-state index contributed by atoms with van der Waals surface area (Å²) in [6, 6.07) is 10.3. The number of carbonyl (C=O) groups excluding carboxylic acids is 1. The molecule has 3 N–H and O–H groups in total. The molecule has 0 radical (unpaired) electrons. The van der Waals surface area contributed by atoms with Crippen LogP contribution in [0, 0.1) is 0 Å². The Balaban J connectivity index is 2.31. The van der Waals surface area contributed by atoms with Gasteiger partial charge in [0.25, 0.3) is 5.91 Å². The van der Waals surface area contributed by atoms with Gasteiger partial charge in [-0.1, -0.05) is 39.7 Å². The number of nitrogens with one attached hydrogen (secondary N) is 1. The smallest absolute Gasteiger partial charge is 0.255 e. The van der Waals surface area contributed by atoms with Gasteiger partial charge in [0.2, 0.25) is 0 Å². The molecule has 0 aromatic heterocycles. The Kier molecular flexibility index (Phi) is 5.37. The predicted octanol–water partition coefficient (Wildman–Crippen LogP) is 4.75. The van der Waals surface area contributed by atoms with Crippen LogP contribution in [-0.2, 0) is 0 Å². The van der Waals surface area contributed by atoms with Gasteiger partial charge in [0.1, 0.15) is 4.99 Å². The van der Waals surface area contributed by atoms with Crippen molar-refractivity contribution in [1.29, 1.82) is 0 Å². The fraction of sp³-hybridized carbons (Fsp3) is 0. The zero-order valence-electron chi connectivity index (χ0n) is 10.5. The highest BCUT2D eigenvalue weighted by atomic mass is 79.9. The SMILES string of the molecule is NC(=S)c1cc(Br)ccc1NC(=O)c1ccc(Br)c(Cl)c1. The number of nitrogens with two attached hydrogens (primary N) is 1. The lowest BCUT2D eigenvalue weighted by Crippen LogP contribution is -2.17. The van der Waals surface area contributed by atoms with Crippen LogP contribution in [0.3, 0.4) is 0 Å². The first kappa shape index (κ1) is 16.4. The standard InChI is InChI=1S/C14H9Br2ClN2OS/c15-8-2-4-12(9(6-8)13(18)21)19-14(20)7-1-3-10(16)11(17)5-7/h1-6H,(H2,18,21)(H,19,20). The quantitative estimate of drug-likeness (QED) is 0.666. The van der Waals surface area contributed by atoms with Crippen LogP contribution in [-0.4, -0.2) is 10.9 Å². The van der Waals surface area contributed by atoms with E-state index in [2.05, 4.69) is 37.2 Å². The molecule has 0 heterocycles. The van der Waals surface area contributed by atoms with Crippen molar-refractivity contribution in [3.8, 4) is 0 Å². The summed E-state index contributed by atoms with van der Waals surface area (Å²) in [5.41, 5.74) is 7.26. The molecule has 0 fully saturated rings. The van der Waals surface area contributed by atoms with Gasteiger partial charge in [-0.25, -0.2) is 0 Å². The molecule has 0 atom stereocenters. The first-order valence-corrected chi connectivity index (χ1v) is 8.11. The summed E-state index contributed by atoms with van der Waals surface area (Å²) >= 11 is 17.6. The Bertz CT molecular complexity index is 737. The summed E-state index contributed by atoms with van der Waals surface area (Å²) in [6.07, 6.45) is 0. The van der Waals surface area contributed by atoms with Crippen molar-refractivity contribution < 1.29 is 4.79 Å². The van der Waals surface area contributed by atoms with Gasteiger partial charge in [0.05, 0.1) is 10.7 Å². The molecule has 0 unspecified atom stereocenters. The summed E-state index contributed by atoms with van der Waals surface area (Å²) in [5.74, 6) is -0.288. The average molecular weight is 449 g/mol. The first-order valence-electron chi connectivity index (χ1n) is 5.74. The molecular weight excluding hydrogens is 439 g/mol. The van der Waals surface area contributed by atoms with Crippen molar-refractivity contribution in [2.24, 2.45) is 5.73 Å². The molecule has 0 bridgehead atoms. The Morgan fingerprint density at radius 2 is 1.90 bits per heavy atom. The molecule has 0 spiro atoms. The van der Waals surface area contributed by atoms with Crippen molar-refractivity contribution in [3.63, 3.8) is 0 Å². The van der Waals surface area contributed by atoms with Gasteiger partial charge in [-0.2, -0.15) is 0 Å². The van der Waals surface area contributed by atoms with Crippen molar-refractivity contribution in [2.45, 2.75) is 0 Å². The largest absolute Gasteiger partial charge is 0.389 e. The molecule has 108 valence electrons. The summed E-state index contributed by atoms with van der Waals surface area (Å²) in [6.45, 7) is 0. The van der Waals surface area contributed by atoms with Crippen LogP contribution in [0.25, 0.3) is 0 Å². The molecule has 0 aliphatic rings. The topological polar surface area (TPSA) is 55.1 Å². The average Bonchev–Trinajstić information content (AvgIpc) is 2.43. The number of amides is 1. The second-order valence-corrected chi connectivity index (χ2v) is 6.75. The van der Waals surface area contributed by atoms with Gasteiger partial charge in [-0.3, -0.25) is 4.79 Å². The molecule has 7 heteroatoms. The molecular formula is C14H9Br2ClN2OS. The Morgan fingerprint density at radius 1 is 1.19 bits per heavy atom. The highest BCUT2D eigenvalue weighted by Crippen LogP contribution is 2.25. The lowest BCUT2D eigenvalue weighted by atomic mass is 10.1. The molecule has 0 aliphatic heterocycles. The zero-order valence-corrected chi connectivity index (χ0v) is 15.2. The van der Waals surface area contributed by atoms with Gasteiger partial charge in [0, 0.05) is 20.1 Å². The van der Waals surface area contributed by atoms with Gasteiger partial charge in [0.15, 0.2) is 0 Å². The number of rotatable bonds is 3. The highest BCUT2D eigenvalue weighted by Gasteiger charge is 2.12. The summed E-state index contributed by atoms with van der Waals surface area (Å²) in [4.78, 5) is 12.5. The summed E-state index contributed by atoms with van der Waals surface area (Å²) < 4.78 is 1.56. The van der Waals surface area contributed by atoms with Gasteiger partial charge in [-0.15, -0.1) is 0 Å². The van der Waals surface area contributed by atoms with E-state index >= 15 is 0 Å². The molecule has 21 heavy (non-hydrogen) atoms. The van der Waals surface area contributed by atoms with Gasteiger partial charge < -0.3 is 11.1 Å². The Morgan fingerprint density at radius 3 is 2.52 bits per heavy atom. The number of benzene rings is 2. The van der Waals surface area contributed by atoms with Crippen LogP contribution in [0.5, 0.6) is 0 Å². The van der Waals surface area contributed by atoms with Gasteiger partial charge in [-0.05, 0) is 52.3 Å². The second-order valence-electron chi connectivity index (χ2n) is 4.14. The summed E-state index contributed by atoms with van der Waals surface area (Å²) in [5, 5.41) is 3.25. The van der Waals surface area contributed by atoms with Crippen LogP contribution >= 0.6 is 55.7 Å². The van der Waals surface area contributed by atoms with Crippen LogP contribution in [0.2, 0.25) is 5.02 Å². The van der Waals surface area contributed by atoms with E-state index in [4.69, 9.17) is 29.6 Å². The van der Waals surface area contributed by atoms with Crippen molar-refractivity contribution in [1.82, 2.24) is 0 Å². The van der Waals surface area contributed by atoms with E-state index in [-0.39, 0.29) is 10.9 Å². The third-order valence-electron chi connectivity index (χ3n) is 2.68. The highest BCUT2D eigenvalue weighted by molar-refractivity contribution is 9.10. The third kappa shape index (κ3) is 4.03. The fourth-order valence-electron chi connectivity index (χ4n) is 1.66. The van der Waals surface area contributed by atoms with Gasteiger partial charge >= 0.3 is 0 Å². The Labute approximate surface area is 149 Å². The minimum Gasteiger partial charge on any atom is -0.389 e. The maximum Gasteiger partial charge on any atom is 0.255 e. The molecule has 0 aliphatic carbocycles. The van der Waals surface area contributed by atoms with E-state index in [0.29, 0.717) is 21.8 Å². The van der Waals surface area contributed by atoms with E-state index in [1.165, 1.54) is 0 Å². The van der Waals surface area contributed by atoms with E-state index in [1.807, 2.05) is 0 Å². The molecule has 0 saturated heterocycles. The van der Waals surface area contributed by atoms with E-state index in [1.54, 1.807) is 36.4 Å². The van der Waals surface area contributed by atoms with Crippen LogP contribution in [0.15, 0.2) is 45.3 Å². The minimum absolute atomic E-state index is 0.209. The lowest BCUT2D eigenvalue weighted by molar-refractivity contribution is 0.102. The molecule has 2 aromatic carbocycles. The number of hydrogen-bond donors (Lipinski definition) is 2. The maximum atomic E-state index is 12.3. The predicted molar refractivity (Wildman–Crippen MR) is 97.1 cm³/mol. The molecule has 2 aromatic rings. The number of anilines is 1. The number of carbonyl (C=O) groups is 1. The van der Waals surface area contributed by atoms with Crippen LogP contribution in [0.4, 0.5) is 5.69 Å². The van der Waals surface area contributed by atoms with E-state index in [9.17, 15) is 4.79 Å². The van der Waals surface area contributed by atoms with Crippen molar-refractivity contribution in [2.75, 3.05) is 5.32 Å².